The van der Waals surface area contributed by atoms with Crippen molar-refractivity contribution in [1.82, 2.24) is 15.1 Å². The molecule has 2 rings (SSSR count). The molecule has 4 nitrogen and oxygen atoms in total. The summed E-state index contributed by atoms with van der Waals surface area (Å²) in [5.74, 6) is 0.197. The molecule has 1 fully saturated rings. The van der Waals surface area contributed by atoms with E-state index >= 15 is 0 Å². The van der Waals surface area contributed by atoms with Crippen LogP contribution in [-0.2, 0) is 4.79 Å². The third kappa shape index (κ3) is 3.38. The maximum Gasteiger partial charge on any atom is 0.238 e. The average Bonchev–Trinajstić information content (AvgIpc) is 2.78. The lowest BCUT2D eigenvalue weighted by Gasteiger charge is -2.31. The number of carbonyl (C=O) groups excluding carboxylic acids is 1. The van der Waals surface area contributed by atoms with Gasteiger partial charge in [-0.05, 0) is 46.5 Å². The Morgan fingerprint density at radius 3 is 2.85 bits per heavy atom. The van der Waals surface area contributed by atoms with Crippen molar-refractivity contribution in [3.63, 3.8) is 0 Å². The first-order valence-corrected chi connectivity index (χ1v) is 7.25. The van der Waals surface area contributed by atoms with Crippen molar-refractivity contribution in [2.45, 2.75) is 32.5 Å². The number of amides is 1. The summed E-state index contributed by atoms with van der Waals surface area (Å²) in [6, 6.07) is 8.62. The van der Waals surface area contributed by atoms with Crippen molar-refractivity contribution in [1.29, 1.82) is 0 Å². The number of hydrogen-bond donors (Lipinski definition) is 1. The molecule has 1 aliphatic rings. The molecule has 0 bridgehead atoms. The van der Waals surface area contributed by atoms with Crippen LogP contribution in [0.15, 0.2) is 24.3 Å². The minimum Gasteiger partial charge on any atom is -0.319 e. The lowest BCUT2D eigenvalue weighted by molar-refractivity contribution is -0.130. The number of rotatable bonds is 5. The van der Waals surface area contributed by atoms with Crippen LogP contribution in [0.4, 0.5) is 0 Å². The summed E-state index contributed by atoms with van der Waals surface area (Å²) in [5.41, 5.74) is 2.40. The zero-order valence-electron chi connectivity index (χ0n) is 12.9. The monoisotopic (exact) mass is 275 g/mol. The van der Waals surface area contributed by atoms with Gasteiger partial charge in [-0.15, -0.1) is 0 Å². The van der Waals surface area contributed by atoms with E-state index in [1.54, 1.807) is 0 Å². The summed E-state index contributed by atoms with van der Waals surface area (Å²) < 4.78 is 0. The van der Waals surface area contributed by atoms with Crippen LogP contribution in [0.1, 0.15) is 30.6 Å². The highest BCUT2D eigenvalue weighted by Crippen LogP contribution is 2.26. The van der Waals surface area contributed by atoms with Crippen LogP contribution < -0.4 is 5.32 Å². The number of nitrogens with one attached hydrogen (secondary N) is 1. The lowest BCUT2D eigenvalue weighted by atomic mass is 10.1. The molecule has 2 unspecified atom stereocenters. The number of nitrogens with zero attached hydrogens (tertiary/aromatic N) is 2. The van der Waals surface area contributed by atoms with Crippen LogP contribution in [0.5, 0.6) is 0 Å². The molecular formula is C16H25N3O. The second-order valence-electron chi connectivity index (χ2n) is 5.94. The summed E-state index contributed by atoms with van der Waals surface area (Å²) in [6.07, 6.45) is 1.00. The molecule has 1 heterocycles. The zero-order chi connectivity index (χ0) is 14.7. The van der Waals surface area contributed by atoms with Crippen molar-refractivity contribution >= 4 is 5.91 Å². The number of hydrogen-bond acceptors (Lipinski definition) is 3. The molecule has 1 aromatic carbocycles. The molecule has 2 atom stereocenters. The Balaban J connectivity index is 2.14. The Kier molecular flexibility index (Phi) is 4.78. The van der Waals surface area contributed by atoms with E-state index in [0.29, 0.717) is 6.54 Å². The SMILES string of the molecule is Cc1cccc(C2NCC(=O)N2C(C)CCN(C)C)c1. The van der Waals surface area contributed by atoms with E-state index in [2.05, 4.69) is 62.4 Å². The third-order valence-electron chi connectivity index (χ3n) is 3.84. The standard InChI is InChI=1S/C16H25N3O/c1-12-6-5-7-14(10-12)16-17-11-15(20)19(16)13(2)8-9-18(3)4/h5-7,10,13,16-17H,8-9,11H2,1-4H3. The molecular weight excluding hydrogens is 250 g/mol. The van der Waals surface area contributed by atoms with Gasteiger partial charge in [-0.25, -0.2) is 0 Å². The van der Waals surface area contributed by atoms with Gasteiger partial charge in [-0.1, -0.05) is 29.8 Å². The Hall–Kier alpha value is -1.39. The highest BCUT2D eigenvalue weighted by Gasteiger charge is 2.34. The molecule has 0 radical (unpaired) electrons. The molecule has 0 spiro atoms. The fourth-order valence-electron chi connectivity index (χ4n) is 2.72. The molecule has 0 saturated carbocycles. The Morgan fingerprint density at radius 1 is 1.45 bits per heavy atom. The van der Waals surface area contributed by atoms with Gasteiger partial charge < -0.3 is 9.80 Å². The average molecular weight is 275 g/mol. The summed E-state index contributed by atoms with van der Waals surface area (Å²) in [7, 11) is 4.13. The minimum atomic E-state index is 0.0135. The van der Waals surface area contributed by atoms with E-state index in [1.165, 1.54) is 11.1 Å². The fraction of sp³-hybridized carbons (Fsp3) is 0.562. The van der Waals surface area contributed by atoms with Gasteiger partial charge >= 0.3 is 0 Å². The summed E-state index contributed by atoms with van der Waals surface area (Å²) in [4.78, 5) is 16.3. The molecule has 110 valence electrons. The van der Waals surface area contributed by atoms with E-state index in [-0.39, 0.29) is 18.1 Å². The van der Waals surface area contributed by atoms with E-state index in [1.807, 2.05) is 4.90 Å². The first-order chi connectivity index (χ1) is 9.49. The van der Waals surface area contributed by atoms with E-state index in [0.717, 1.165) is 13.0 Å². The first kappa shape index (κ1) is 15.0. The van der Waals surface area contributed by atoms with E-state index in [4.69, 9.17) is 0 Å². The van der Waals surface area contributed by atoms with Crippen molar-refractivity contribution in [3.8, 4) is 0 Å². The molecule has 4 heteroatoms. The van der Waals surface area contributed by atoms with Gasteiger partial charge in [0.2, 0.25) is 5.91 Å². The molecule has 1 aliphatic heterocycles. The molecule has 0 aliphatic carbocycles. The Bertz CT molecular complexity index is 473. The van der Waals surface area contributed by atoms with Gasteiger partial charge in [0.05, 0.1) is 6.54 Å². The van der Waals surface area contributed by atoms with Gasteiger partial charge in [0.15, 0.2) is 0 Å². The zero-order valence-corrected chi connectivity index (χ0v) is 12.9. The molecule has 1 amide bonds. The Labute approximate surface area is 121 Å². The van der Waals surface area contributed by atoms with Crippen LogP contribution in [0.25, 0.3) is 0 Å². The second kappa shape index (κ2) is 6.37. The smallest absolute Gasteiger partial charge is 0.238 e. The van der Waals surface area contributed by atoms with Crippen LogP contribution >= 0.6 is 0 Å². The van der Waals surface area contributed by atoms with Crippen molar-refractivity contribution in [3.05, 3.63) is 35.4 Å². The number of carbonyl (C=O) groups is 1. The quantitative estimate of drug-likeness (QED) is 0.889. The third-order valence-corrected chi connectivity index (χ3v) is 3.84. The predicted octanol–water partition coefficient (Wildman–Crippen LogP) is 1.77. The van der Waals surface area contributed by atoms with E-state index in [9.17, 15) is 4.79 Å². The summed E-state index contributed by atoms with van der Waals surface area (Å²) in [5, 5.41) is 3.33. The van der Waals surface area contributed by atoms with Crippen LogP contribution in [0, 0.1) is 6.92 Å². The summed E-state index contributed by atoms with van der Waals surface area (Å²) in [6.45, 7) is 5.65. The maximum absolute atomic E-state index is 12.2. The maximum atomic E-state index is 12.2. The van der Waals surface area contributed by atoms with Crippen molar-refractivity contribution in [2.24, 2.45) is 0 Å². The Morgan fingerprint density at radius 2 is 2.20 bits per heavy atom. The predicted molar refractivity (Wildman–Crippen MR) is 81.4 cm³/mol. The molecule has 1 aromatic rings. The van der Waals surface area contributed by atoms with Gasteiger partial charge in [-0.2, -0.15) is 0 Å². The van der Waals surface area contributed by atoms with Crippen LogP contribution in [-0.4, -0.2) is 48.9 Å². The largest absolute Gasteiger partial charge is 0.319 e. The molecule has 1 saturated heterocycles. The first-order valence-electron chi connectivity index (χ1n) is 7.25. The van der Waals surface area contributed by atoms with Crippen LogP contribution in [0.3, 0.4) is 0 Å². The van der Waals surface area contributed by atoms with Crippen molar-refractivity contribution in [2.75, 3.05) is 27.2 Å². The van der Waals surface area contributed by atoms with Crippen molar-refractivity contribution < 1.29 is 4.79 Å². The van der Waals surface area contributed by atoms with Gasteiger partial charge in [-0.3, -0.25) is 10.1 Å². The fourth-order valence-corrected chi connectivity index (χ4v) is 2.72. The molecule has 0 aromatic heterocycles. The second-order valence-corrected chi connectivity index (χ2v) is 5.94. The number of aryl methyl sites for hydroxylation is 1. The topological polar surface area (TPSA) is 35.6 Å². The molecule has 1 N–H and O–H groups in total. The molecule has 20 heavy (non-hydrogen) atoms. The van der Waals surface area contributed by atoms with Gasteiger partial charge in [0.25, 0.3) is 0 Å². The normalized spacial score (nSPS) is 20.8. The minimum absolute atomic E-state index is 0.0135. The summed E-state index contributed by atoms with van der Waals surface area (Å²) >= 11 is 0. The lowest BCUT2D eigenvalue weighted by Crippen LogP contribution is -2.39. The van der Waals surface area contributed by atoms with Gasteiger partial charge in [0.1, 0.15) is 6.17 Å². The van der Waals surface area contributed by atoms with E-state index < -0.39 is 0 Å². The van der Waals surface area contributed by atoms with Crippen LogP contribution in [0.2, 0.25) is 0 Å². The highest BCUT2D eigenvalue weighted by molar-refractivity contribution is 5.81. The number of benzene rings is 1. The highest BCUT2D eigenvalue weighted by atomic mass is 16.2. The van der Waals surface area contributed by atoms with Gasteiger partial charge in [0, 0.05) is 6.04 Å².